The average molecular weight is 369 g/mol. The van der Waals surface area contributed by atoms with E-state index >= 15 is 0 Å². The number of fused-ring (bicyclic) bond motifs is 5. The zero-order valence-corrected chi connectivity index (χ0v) is 15.8. The van der Waals surface area contributed by atoms with Crippen molar-refractivity contribution in [1.29, 1.82) is 0 Å². The molecule has 0 N–H and O–H groups in total. The Kier molecular flexibility index (Phi) is 4.36. The number of likely N-dealkylation sites (tertiary alicyclic amines) is 1. The summed E-state index contributed by atoms with van der Waals surface area (Å²) in [6, 6.07) is 27.0. The second-order valence-electron chi connectivity index (χ2n) is 7.65. The molecule has 2 bridgehead atoms. The molecular weight excluding hydrogens is 346 g/mol. The minimum atomic E-state index is -0.206. The second-order valence-corrected chi connectivity index (χ2v) is 7.65. The van der Waals surface area contributed by atoms with E-state index in [0.29, 0.717) is 12.5 Å². The topological polar surface area (TPSA) is 29.5 Å². The van der Waals surface area contributed by atoms with E-state index in [-0.39, 0.29) is 12.1 Å². The lowest BCUT2D eigenvalue weighted by Crippen LogP contribution is -2.38. The molecule has 2 aliphatic rings. The van der Waals surface area contributed by atoms with Crippen molar-refractivity contribution in [3.05, 3.63) is 95.6 Å². The quantitative estimate of drug-likeness (QED) is 0.573. The number of carbonyl (C=O) groups excluding carboxylic acids is 1. The molecule has 3 aromatic rings. The van der Waals surface area contributed by atoms with Crippen LogP contribution in [-0.2, 0) is 11.3 Å². The Morgan fingerprint density at radius 3 is 2.46 bits per heavy atom. The van der Waals surface area contributed by atoms with Gasteiger partial charge in [-0.15, -0.1) is 0 Å². The lowest BCUT2D eigenvalue weighted by atomic mass is 9.94. The van der Waals surface area contributed by atoms with E-state index < -0.39 is 0 Å². The molecule has 0 unspecified atom stereocenters. The van der Waals surface area contributed by atoms with Crippen LogP contribution in [0.15, 0.2) is 78.9 Å². The van der Waals surface area contributed by atoms with Crippen LogP contribution in [0.2, 0.25) is 0 Å². The van der Waals surface area contributed by atoms with Crippen molar-refractivity contribution in [2.24, 2.45) is 0 Å². The van der Waals surface area contributed by atoms with Gasteiger partial charge in [0.15, 0.2) is 0 Å². The first-order chi connectivity index (χ1) is 13.8. The number of rotatable bonds is 3. The highest BCUT2D eigenvalue weighted by molar-refractivity contribution is 5.74. The predicted octanol–water partition coefficient (Wildman–Crippen LogP) is 5.92. The summed E-state index contributed by atoms with van der Waals surface area (Å²) in [6.45, 7) is 1.07. The van der Waals surface area contributed by atoms with Gasteiger partial charge < -0.3 is 9.64 Å². The molecule has 1 saturated heterocycles. The molecule has 5 rings (SSSR count). The number of nitrogens with zero attached hydrogens (tertiary/aromatic N) is 1. The normalized spacial score (nSPS) is 19.9. The highest BCUT2D eigenvalue weighted by Gasteiger charge is 2.42. The Bertz CT molecular complexity index is 984. The van der Waals surface area contributed by atoms with Crippen molar-refractivity contribution in [2.75, 3.05) is 6.54 Å². The first kappa shape index (κ1) is 17.1. The third-order valence-electron chi connectivity index (χ3n) is 6.04. The Hall–Kier alpha value is -3.07. The first-order valence-electron chi connectivity index (χ1n) is 9.97. The largest absolute Gasteiger partial charge is 0.445 e. The molecule has 3 nitrogen and oxygen atoms in total. The van der Waals surface area contributed by atoms with Gasteiger partial charge in [0, 0.05) is 6.54 Å². The van der Waals surface area contributed by atoms with Crippen LogP contribution in [0, 0.1) is 0 Å². The first-order valence-corrected chi connectivity index (χ1v) is 9.97. The average Bonchev–Trinajstić information content (AvgIpc) is 3.05. The van der Waals surface area contributed by atoms with Crippen molar-refractivity contribution >= 4 is 6.09 Å². The van der Waals surface area contributed by atoms with Crippen LogP contribution in [0.3, 0.4) is 0 Å². The summed E-state index contributed by atoms with van der Waals surface area (Å²) in [5, 5.41) is 0. The molecule has 2 atom stereocenters. The van der Waals surface area contributed by atoms with Crippen molar-refractivity contribution in [1.82, 2.24) is 4.90 Å². The minimum absolute atomic E-state index is 0.105. The lowest BCUT2D eigenvalue weighted by Gasteiger charge is -2.33. The van der Waals surface area contributed by atoms with Crippen LogP contribution in [-0.4, -0.2) is 17.5 Å². The third kappa shape index (κ3) is 2.97. The smallest absolute Gasteiger partial charge is 0.410 e. The van der Waals surface area contributed by atoms with Crippen molar-refractivity contribution in [3.8, 4) is 11.1 Å². The van der Waals surface area contributed by atoms with Crippen LogP contribution in [0.5, 0.6) is 0 Å². The van der Waals surface area contributed by atoms with Gasteiger partial charge in [0.2, 0.25) is 0 Å². The Morgan fingerprint density at radius 2 is 1.68 bits per heavy atom. The molecule has 1 aliphatic carbocycles. The molecule has 1 amide bonds. The van der Waals surface area contributed by atoms with Gasteiger partial charge in [0.25, 0.3) is 0 Å². The zero-order valence-electron chi connectivity index (χ0n) is 15.8. The van der Waals surface area contributed by atoms with Crippen LogP contribution >= 0.6 is 0 Å². The fourth-order valence-electron chi connectivity index (χ4n) is 4.72. The fraction of sp³-hybridized carbons (Fsp3) is 0.240. The van der Waals surface area contributed by atoms with Crippen LogP contribution < -0.4 is 0 Å². The van der Waals surface area contributed by atoms with E-state index in [4.69, 9.17) is 4.74 Å². The number of piperidine rings is 1. The SMILES string of the molecule is O=C(OCc1ccccc1)N1CC[C@@H]2C[C@@H]1c1c(-c3ccccc3)cccc12. The number of hydrogen-bond acceptors (Lipinski definition) is 2. The van der Waals surface area contributed by atoms with Crippen LogP contribution in [0.4, 0.5) is 4.79 Å². The monoisotopic (exact) mass is 369 g/mol. The van der Waals surface area contributed by atoms with Gasteiger partial charge in [0.05, 0.1) is 6.04 Å². The van der Waals surface area contributed by atoms with Gasteiger partial charge in [-0.25, -0.2) is 4.79 Å². The summed E-state index contributed by atoms with van der Waals surface area (Å²) in [6.07, 6.45) is 1.80. The second kappa shape index (κ2) is 7.16. The van der Waals surface area contributed by atoms with E-state index in [2.05, 4.69) is 42.5 Å². The van der Waals surface area contributed by atoms with E-state index in [0.717, 1.165) is 24.9 Å². The maximum absolute atomic E-state index is 12.9. The van der Waals surface area contributed by atoms with Crippen LogP contribution in [0.25, 0.3) is 11.1 Å². The number of benzene rings is 3. The lowest BCUT2D eigenvalue weighted by molar-refractivity contribution is 0.0695. The van der Waals surface area contributed by atoms with Crippen LogP contribution in [0.1, 0.15) is 41.5 Å². The molecule has 28 heavy (non-hydrogen) atoms. The molecule has 0 saturated carbocycles. The van der Waals surface area contributed by atoms with Crippen molar-refractivity contribution in [3.63, 3.8) is 0 Å². The fourth-order valence-corrected chi connectivity index (χ4v) is 4.72. The molecule has 1 aliphatic heterocycles. The molecule has 1 heterocycles. The van der Waals surface area contributed by atoms with E-state index in [1.807, 2.05) is 41.3 Å². The molecule has 0 radical (unpaired) electrons. The Morgan fingerprint density at radius 1 is 0.929 bits per heavy atom. The van der Waals surface area contributed by atoms with Gasteiger partial charge in [-0.05, 0) is 46.6 Å². The standard InChI is InChI=1S/C25H23NO2/c27-25(28-17-18-8-3-1-4-9-18)26-15-14-20-16-23(26)24-21(12-7-13-22(20)24)19-10-5-2-6-11-19/h1-13,20,23H,14-17H2/t20-,23-/m1/s1. The summed E-state index contributed by atoms with van der Waals surface area (Å²) in [5.41, 5.74) is 6.19. The highest BCUT2D eigenvalue weighted by Crippen LogP contribution is 2.52. The van der Waals surface area contributed by atoms with E-state index in [1.54, 1.807) is 0 Å². The summed E-state index contributed by atoms with van der Waals surface area (Å²) in [4.78, 5) is 14.9. The van der Waals surface area contributed by atoms with E-state index in [9.17, 15) is 4.79 Å². The van der Waals surface area contributed by atoms with Crippen molar-refractivity contribution < 1.29 is 9.53 Å². The third-order valence-corrected chi connectivity index (χ3v) is 6.04. The number of ether oxygens (including phenoxy) is 1. The molecular formula is C25H23NO2. The van der Waals surface area contributed by atoms with Gasteiger partial charge in [-0.3, -0.25) is 0 Å². The maximum Gasteiger partial charge on any atom is 0.410 e. The van der Waals surface area contributed by atoms with E-state index in [1.165, 1.54) is 22.3 Å². The predicted molar refractivity (Wildman–Crippen MR) is 110 cm³/mol. The summed E-state index contributed by atoms with van der Waals surface area (Å²) >= 11 is 0. The van der Waals surface area contributed by atoms with Gasteiger partial charge in [-0.1, -0.05) is 78.9 Å². The number of amides is 1. The van der Waals surface area contributed by atoms with Gasteiger partial charge in [0.1, 0.15) is 6.61 Å². The highest BCUT2D eigenvalue weighted by atomic mass is 16.6. The number of carbonyl (C=O) groups is 1. The summed E-state index contributed by atoms with van der Waals surface area (Å²) in [5.74, 6) is 0.543. The zero-order chi connectivity index (χ0) is 18.9. The van der Waals surface area contributed by atoms with Gasteiger partial charge in [-0.2, -0.15) is 0 Å². The molecule has 0 aromatic heterocycles. The molecule has 1 fully saturated rings. The molecule has 140 valence electrons. The minimum Gasteiger partial charge on any atom is -0.445 e. The summed E-state index contributed by atoms with van der Waals surface area (Å²) < 4.78 is 5.67. The Balaban J connectivity index is 1.43. The maximum atomic E-state index is 12.9. The summed E-state index contributed by atoms with van der Waals surface area (Å²) in [7, 11) is 0. The Labute approximate surface area is 165 Å². The molecule has 3 aromatic carbocycles. The van der Waals surface area contributed by atoms with Crippen molar-refractivity contribution in [2.45, 2.75) is 31.4 Å². The molecule has 0 spiro atoms. The molecule has 3 heteroatoms. The van der Waals surface area contributed by atoms with Gasteiger partial charge >= 0.3 is 6.09 Å². The number of hydrogen-bond donors (Lipinski definition) is 0.